The van der Waals surface area contributed by atoms with Crippen molar-refractivity contribution in [3.05, 3.63) is 70.1 Å². The number of benzene rings is 2. The van der Waals surface area contributed by atoms with Crippen LogP contribution in [0.3, 0.4) is 0 Å². The van der Waals surface area contributed by atoms with Crippen LogP contribution in [0.1, 0.15) is 60.0 Å². The lowest BCUT2D eigenvalue weighted by molar-refractivity contribution is -0.116. The van der Waals surface area contributed by atoms with Crippen LogP contribution in [0.5, 0.6) is 0 Å². The summed E-state index contributed by atoms with van der Waals surface area (Å²) in [7, 11) is 0. The van der Waals surface area contributed by atoms with E-state index in [4.69, 9.17) is 10.7 Å². The predicted molar refractivity (Wildman–Crippen MR) is 142 cm³/mol. The van der Waals surface area contributed by atoms with Gasteiger partial charge >= 0.3 is 0 Å². The molecular weight excluding hydrogens is 456 g/mol. The van der Waals surface area contributed by atoms with Crippen molar-refractivity contribution in [1.29, 1.82) is 0 Å². The Morgan fingerprint density at radius 3 is 2.49 bits per heavy atom. The Morgan fingerprint density at radius 1 is 1.06 bits per heavy atom. The van der Waals surface area contributed by atoms with Crippen LogP contribution >= 0.6 is 11.3 Å². The van der Waals surface area contributed by atoms with E-state index in [1.54, 1.807) is 0 Å². The monoisotopic (exact) mass is 486 g/mol. The quantitative estimate of drug-likeness (QED) is 0.380. The maximum absolute atomic E-state index is 13.3. The minimum absolute atomic E-state index is 0.0521. The highest BCUT2D eigenvalue weighted by molar-refractivity contribution is 7.17. The molecule has 0 radical (unpaired) electrons. The topological polar surface area (TPSA) is 90.0 Å². The summed E-state index contributed by atoms with van der Waals surface area (Å²) in [5.41, 5.74) is 11.2. The SMILES string of the molecule is CC(C)(C)c1ccc(-c2nc3ccccc3n2CC(=O)Nc2sc3c(c2C(N)=O)CCCC3)cc1. The molecule has 0 aliphatic heterocycles. The summed E-state index contributed by atoms with van der Waals surface area (Å²) in [6.07, 6.45) is 3.89. The average Bonchev–Trinajstić information content (AvgIpc) is 3.36. The number of nitrogens with two attached hydrogens (primary N) is 1. The summed E-state index contributed by atoms with van der Waals surface area (Å²) >= 11 is 1.48. The van der Waals surface area contributed by atoms with Crippen molar-refractivity contribution in [2.24, 2.45) is 5.73 Å². The fraction of sp³-hybridized carbons (Fsp3) is 0.321. The number of thiophene rings is 1. The molecule has 7 heteroatoms. The molecule has 3 N–H and O–H groups in total. The van der Waals surface area contributed by atoms with Crippen LogP contribution in [-0.4, -0.2) is 21.4 Å². The second kappa shape index (κ2) is 8.96. The van der Waals surface area contributed by atoms with Crippen molar-refractivity contribution in [1.82, 2.24) is 9.55 Å². The van der Waals surface area contributed by atoms with Gasteiger partial charge in [-0.25, -0.2) is 4.98 Å². The van der Waals surface area contributed by atoms with Gasteiger partial charge in [0, 0.05) is 10.4 Å². The first kappa shape index (κ1) is 23.3. The number of nitrogens with zero attached hydrogens (tertiary/aromatic N) is 2. The number of imidazole rings is 1. The van der Waals surface area contributed by atoms with Gasteiger partial charge < -0.3 is 15.6 Å². The molecule has 35 heavy (non-hydrogen) atoms. The van der Waals surface area contributed by atoms with E-state index in [0.717, 1.165) is 58.5 Å². The number of hydrogen-bond donors (Lipinski definition) is 2. The first-order chi connectivity index (χ1) is 16.7. The van der Waals surface area contributed by atoms with Gasteiger partial charge in [0.1, 0.15) is 17.4 Å². The van der Waals surface area contributed by atoms with Crippen LogP contribution in [-0.2, 0) is 29.6 Å². The summed E-state index contributed by atoms with van der Waals surface area (Å²) in [6.45, 7) is 6.64. The summed E-state index contributed by atoms with van der Waals surface area (Å²) in [6, 6.07) is 16.2. The van der Waals surface area contributed by atoms with Crippen LogP contribution in [0, 0.1) is 0 Å². The van der Waals surface area contributed by atoms with Crippen molar-refractivity contribution in [2.75, 3.05) is 5.32 Å². The molecule has 4 aromatic rings. The van der Waals surface area contributed by atoms with Gasteiger partial charge in [0.2, 0.25) is 5.91 Å². The molecule has 0 fully saturated rings. The third-order valence-corrected chi connectivity index (χ3v) is 7.84. The van der Waals surface area contributed by atoms with E-state index >= 15 is 0 Å². The molecule has 0 spiro atoms. The molecule has 0 unspecified atom stereocenters. The number of aromatic nitrogens is 2. The lowest BCUT2D eigenvalue weighted by Gasteiger charge is -2.19. The Labute approximate surface area is 209 Å². The number of primary amides is 1. The standard InChI is InChI=1S/C28H30N4O2S/c1-28(2,3)18-14-12-17(13-15-18)26-30-20-9-5-6-10-21(20)32(26)16-23(33)31-27-24(25(29)34)19-8-4-7-11-22(19)35-27/h5-6,9-10,12-15H,4,7-8,11,16H2,1-3H3,(H2,29,34)(H,31,33). The summed E-state index contributed by atoms with van der Waals surface area (Å²) < 4.78 is 1.94. The van der Waals surface area contributed by atoms with Crippen molar-refractivity contribution >= 4 is 39.2 Å². The number of rotatable bonds is 5. The summed E-state index contributed by atoms with van der Waals surface area (Å²) in [5, 5.41) is 3.55. The van der Waals surface area contributed by atoms with Gasteiger partial charge in [-0.05, 0) is 54.4 Å². The van der Waals surface area contributed by atoms with E-state index in [1.807, 2.05) is 28.8 Å². The van der Waals surface area contributed by atoms with Gasteiger partial charge in [-0.15, -0.1) is 11.3 Å². The lowest BCUT2D eigenvalue weighted by Crippen LogP contribution is -2.22. The van der Waals surface area contributed by atoms with Crippen molar-refractivity contribution in [3.8, 4) is 11.4 Å². The Bertz CT molecular complexity index is 1420. The third kappa shape index (κ3) is 4.48. The van der Waals surface area contributed by atoms with Crippen molar-refractivity contribution in [2.45, 2.75) is 58.4 Å². The molecule has 180 valence electrons. The molecule has 1 aliphatic carbocycles. The fourth-order valence-electron chi connectivity index (χ4n) is 4.80. The molecule has 1 aliphatic rings. The van der Waals surface area contributed by atoms with E-state index in [0.29, 0.717) is 10.6 Å². The molecule has 5 rings (SSSR count). The van der Waals surface area contributed by atoms with E-state index < -0.39 is 5.91 Å². The Kier molecular flexibility index (Phi) is 5.97. The van der Waals surface area contributed by atoms with Gasteiger partial charge in [0.15, 0.2) is 0 Å². The van der Waals surface area contributed by atoms with Crippen molar-refractivity contribution < 1.29 is 9.59 Å². The summed E-state index contributed by atoms with van der Waals surface area (Å²) in [5.74, 6) is 0.0524. The minimum Gasteiger partial charge on any atom is -0.365 e. The highest BCUT2D eigenvalue weighted by Crippen LogP contribution is 2.38. The van der Waals surface area contributed by atoms with Crippen LogP contribution in [0.25, 0.3) is 22.4 Å². The Balaban J connectivity index is 1.49. The lowest BCUT2D eigenvalue weighted by atomic mass is 9.87. The van der Waals surface area contributed by atoms with E-state index in [9.17, 15) is 9.59 Å². The van der Waals surface area contributed by atoms with E-state index in [-0.39, 0.29) is 17.9 Å². The number of nitrogens with one attached hydrogen (secondary N) is 1. The maximum atomic E-state index is 13.3. The number of hydrogen-bond acceptors (Lipinski definition) is 4. The van der Waals surface area contributed by atoms with Crippen LogP contribution in [0.15, 0.2) is 48.5 Å². The van der Waals surface area contributed by atoms with Crippen LogP contribution in [0.2, 0.25) is 0 Å². The zero-order valence-electron chi connectivity index (χ0n) is 20.4. The third-order valence-electron chi connectivity index (χ3n) is 6.64. The molecular formula is C28H30N4O2S. The molecule has 0 saturated heterocycles. The van der Waals surface area contributed by atoms with Gasteiger partial charge in [-0.3, -0.25) is 9.59 Å². The number of para-hydroxylation sites is 2. The van der Waals surface area contributed by atoms with E-state index in [2.05, 4.69) is 50.4 Å². The van der Waals surface area contributed by atoms with Crippen molar-refractivity contribution in [3.63, 3.8) is 0 Å². The zero-order chi connectivity index (χ0) is 24.7. The second-order valence-corrected chi connectivity index (χ2v) is 11.3. The van der Waals surface area contributed by atoms with Crippen LogP contribution in [0.4, 0.5) is 5.00 Å². The molecule has 0 saturated carbocycles. The first-order valence-electron chi connectivity index (χ1n) is 12.0. The Morgan fingerprint density at radius 2 is 1.77 bits per heavy atom. The predicted octanol–water partition coefficient (Wildman–Crippen LogP) is 5.68. The Hall–Kier alpha value is -3.45. The molecule has 2 aromatic carbocycles. The zero-order valence-corrected chi connectivity index (χ0v) is 21.2. The molecule has 0 bridgehead atoms. The highest BCUT2D eigenvalue weighted by Gasteiger charge is 2.25. The largest absolute Gasteiger partial charge is 0.365 e. The summed E-state index contributed by atoms with van der Waals surface area (Å²) in [4.78, 5) is 31.5. The van der Waals surface area contributed by atoms with Gasteiger partial charge in [0.05, 0.1) is 16.6 Å². The number of fused-ring (bicyclic) bond motifs is 2. The molecule has 2 amide bonds. The first-order valence-corrected chi connectivity index (χ1v) is 12.8. The molecule has 6 nitrogen and oxygen atoms in total. The number of carbonyl (C=O) groups is 2. The fourth-order valence-corrected chi connectivity index (χ4v) is 6.11. The minimum atomic E-state index is -0.479. The van der Waals surface area contributed by atoms with E-state index in [1.165, 1.54) is 16.9 Å². The number of aryl methyl sites for hydroxylation is 1. The normalized spacial score (nSPS) is 13.6. The number of carbonyl (C=O) groups excluding carboxylic acids is 2. The molecule has 2 heterocycles. The highest BCUT2D eigenvalue weighted by atomic mass is 32.1. The van der Waals surface area contributed by atoms with Gasteiger partial charge in [-0.1, -0.05) is 57.2 Å². The smallest absolute Gasteiger partial charge is 0.251 e. The van der Waals surface area contributed by atoms with Crippen LogP contribution < -0.4 is 11.1 Å². The maximum Gasteiger partial charge on any atom is 0.251 e. The number of anilines is 1. The average molecular weight is 487 g/mol. The van der Waals surface area contributed by atoms with Gasteiger partial charge in [-0.2, -0.15) is 0 Å². The number of amides is 2. The second-order valence-electron chi connectivity index (χ2n) is 10.2. The molecule has 0 atom stereocenters. The molecule has 2 aromatic heterocycles. The van der Waals surface area contributed by atoms with Gasteiger partial charge in [0.25, 0.3) is 5.91 Å².